The molecule has 1 aliphatic heterocycles. The molecule has 1 N–H and O–H groups in total. The molecule has 0 bridgehead atoms. The highest BCUT2D eigenvalue weighted by molar-refractivity contribution is 5.99. The Hall–Kier alpha value is -2.11. The number of halogens is 1. The summed E-state index contributed by atoms with van der Waals surface area (Å²) in [4.78, 5) is 25.8. The summed E-state index contributed by atoms with van der Waals surface area (Å²) in [5.74, 6) is -1.92. The van der Waals surface area contributed by atoms with Crippen LogP contribution in [0.25, 0.3) is 0 Å². The molecule has 1 fully saturated rings. The lowest BCUT2D eigenvalue weighted by atomic mass is 10.0. The summed E-state index contributed by atoms with van der Waals surface area (Å²) in [6.07, 6.45) is 2.10. The second-order valence-corrected chi connectivity index (χ2v) is 4.92. The summed E-state index contributed by atoms with van der Waals surface area (Å²) < 4.78 is 18.3. The van der Waals surface area contributed by atoms with Crippen molar-refractivity contribution < 1.29 is 23.8 Å². The number of esters is 1. The summed E-state index contributed by atoms with van der Waals surface area (Å²) in [5.41, 5.74) is -0.133. The van der Waals surface area contributed by atoms with Crippen LogP contribution in [0.2, 0.25) is 0 Å². The minimum absolute atomic E-state index is 0.133. The van der Waals surface area contributed by atoms with Crippen molar-refractivity contribution in [2.75, 3.05) is 13.2 Å². The number of piperidine rings is 1. The van der Waals surface area contributed by atoms with Crippen molar-refractivity contribution >= 4 is 11.9 Å². The molecule has 0 saturated carbocycles. The van der Waals surface area contributed by atoms with E-state index in [4.69, 9.17) is 4.74 Å². The zero-order chi connectivity index (χ0) is 15.4. The van der Waals surface area contributed by atoms with E-state index < -0.39 is 23.7 Å². The van der Waals surface area contributed by atoms with Gasteiger partial charge in [0.2, 0.25) is 0 Å². The molecule has 21 heavy (non-hydrogen) atoms. The molecule has 1 atom stereocenters. The van der Waals surface area contributed by atoms with Crippen molar-refractivity contribution in [2.24, 2.45) is 0 Å². The van der Waals surface area contributed by atoms with Crippen molar-refractivity contribution in [1.29, 1.82) is 0 Å². The number of rotatable bonds is 3. The van der Waals surface area contributed by atoms with Gasteiger partial charge in [-0.25, -0.2) is 9.18 Å². The van der Waals surface area contributed by atoms with E-state index in [9.17, 15) is 19.1 Å². The summed E-state index contributed by atoms with van der Waals surface area (Å²) in [6, 6.07) is 2.51. The maximum atomic E-state index is 13.3. The van der Waals surface area contributed by atoms with Crippen LogP contribution in [0.15, 0.2) is 18.2 Å². The predicted molar refractivity (Wildman–Crippen MR) is 73.4 cm³/mol. The molecule has 1 aromatic carbocycles. The average Bonchev–Trinajstić information content (AvgIpc) is 2.49. The molecule has 0 aromatic heterocycles. The molecule has 1 amide bonds. The number of hydrogen-bond donors (Lipinski definition) is 1. The van der Waals surface area contributed by atoms with E-state index in [1.165, 1.54) is 4.90 Å². The lowest BCUT2D eigenvalue weighted by Gasteiger charge is -2.34. The Morgan fingerprint density at radius 1 is 1.43 bits per heavy atom. The molecular formula is C15H18FNO4. The smallest absolute Gasteiger partial charge is 0.328 e. The normalized spacial score (nSPS) is 18.4. The molecule has 0 aliphatic carbocycles. The molecule has 1 heterocycles. The summed E-state index contributed by atoms with van der Waals surface area (Å²) >= 11 is 0. The Labute approximate surface area is 122 Å². The van der Waals surface area contributed by atoms with E-state index in [0.717, 1.165) is 31.0 Å². The number of carbonyl (C=O) groups is 2. The SMILES string of the molecule is CCOC(=O)[C@@H]1CCCCN1C(=O)c1cc(F)ccc1O. The minimum Gasteiger partial charge on any atom is -0.507 e. The third-order valence-electron chi connectivity index (χ3n) is 3.51. The van der Waals surface area contributed by atoms with E-state index in [2.05, 4.69) is 0 Å². The van der Waals surface area contributed by atoms with E-state index in [1.54, 1.807) is 6.92 Å². The van der Waals surface area contributed by atoms with Crippen LogP contribution < -0.4 is 0 Å². The lowest BCUT2D eigenvalue weighted by Crippen LogP contribution is -2.48. The number of benzene rings is 1. The molecular weight excluding hydrogens is 277 g/mol. The van der Waals surface area contributed by atoms with Gasteiger partial charge in [-0.15, -0.1) is 0 Å². The molecule has 1 saturated heterocycles. The number of hydrogen-bond acceptors (Lipinski definition) is 4. The lowest BCUT2D eigenvalue weighted by molar-refractivity contribution is -0.149. The number of phenols is 1. The third-order valence-corrected chi connectivity index (χ3v) is 3.51. The fourth-order valence-corrected chi connectivity index (χ4v) is 2.49. The first-order valence-electron chi connectivity index (χ1n) is 7.00. The predicted octanol–water partition coefficient (Wildman–Crippen LogP) is 2.09. The van der Waals surface area contributed by atoms with Crippen LogP contribution in [0.1, 0.15) is 36.5 Å². The molecule has 1 aromatic rings. The van der Waals surface area contributed by atoms with Crippen LogP contribution >= 0.6 is 0 Å². The van der Waals surface area contributed by atoms with Crippen LogP contribution in [0.4, 0.5) is 4.39 Å². The molecule has 2 rings (SSSR count). The first-order chi connectivity index (χ1) is 10.0. The van der Waals surface area contributed by atoms with Gasteiger partial charge >= 0.3 is 5.97 Å². The highest BCUT2D eigenvalue weighted by atomic mass is 19.1. The summed E-state index contributed by atoms with van der Waals surface area (Å²) in [5, 5.41) is 9.73. The van der Waals surface area contributed by atoms with Gasteiger partial charge in [-0.3, -0.25) is 4.79 Å². The maximum Gasteiger partial charge on any atom is 0.328 e. The zero-order valence-corrected chi connectivity index (χ0v) is 11.8. The van der Waals surface area contributed by atoms with Crippen molar-refractivity contribution in [3.8, 4) is 5.75 Å². The van der Waals surface area contributed by atoms with Crippen molar-refractivity contribution in [2.45, 2.75) is 32.2 Å². The number of aromatic hydroxyl groups is 1. The van der Waals surface area contributed by atoms with E-state index >= 15 is 0 Å². The maximum absolute atomic E-state index is 13.3. The van der Waals surface area contributed by atoms with Gasteiger partial charge in [-0.1, -0.05) is 0 Å². The highest BCUT2D eigenvalue weighted by Gasteiger charge is 2.34. The molecule has 0 radical (unpaired) electrons. The van der Waals surface area contributed by atoms with Gasteiger partial charge in [0.05, 0.1) is 12.2 Å². The fraction of sp³-hybridized carbons (Fsp3) is 0.467. The minimum atomic E-state index is -0.672. The van der Waals surface area contributed by atoms with Gasteiger partial charge < -0.3 is 14.7 Å². The second kappa shape index (κ2) is 6.56. The number of nitrogens with zero attached hydrogens (tertiary/aromatic N) is 1. The Morgan fingerprint density at radius 3 is 2.90 bits per heavy atom. The Balaban J connectivity index is 2.26. The van der Waals surface area contributed by atoms with E-state index in [0.29, 0.717) is 13.0 Å². The molecule has 5 nitrogen and oxygen atoms in total. The zero-order valence-electron chi connectivity index (χ0n) is 11.8. The third kappa shape index (κ3) is 3.32. The van der Waals surface area contributed by atoms with Gasteiger partial charge in [0.1, 0.15) is 17.6 Å². The monoisotopic (exact) mass is 295 g/mol. The highest BCUT2D eigenvalue weighted by Crippen LogP contribution is 2.25. The van der Waals surface area contributed by atoms with Gasteiger partial charge in [0, 0.05) is 6.54 Å². The number of phenolic OH excluding ortho intramolecular Hbond substituents is 1. The first-order valence-corrected chi connectivity index (χ1v) is 7.00. The van der Waals surface area contributed by atoms with Crippen molar-refractivity contribution in [3.63, 3.8) is 0 Å². The van der Waals surface area contributed by atoms with Crippen LogP contribution in [-0.2, 0) is 9.53 Å². The van der Waals surface area contributed by atoms with E-state index in [1.807, 2.05) is 0 Å². The first kappa shape index (κ1) is 15.3. The molecule has 0 unspecified atom stereocenters. The number of amides is 1. The second-order valence-electron chi connectivity index (χ2n) is 4.92. The molecule has 6 heteroatoms. The Kier molecular flexibility index (Phi) is 4.77. The van der Waals surface area contributed by atoms with Crippen LogP contribution in [-0.4, -0.2) is 41.1 Å². The largest absolute Gasteiger partial charge is 0.507 e. The van der Waals surface area contributed by atoms with Gasteiger partial charge in [-0.05, 0) is 44.4 Å². The quantitative estimate of drug-likeness (QED) is 0.867. The molecule has 0 spiro atoms. The number of carbonyl (C=O) groups excluding carboxylic acids is 2. The number of ether oxygens (including phenoxy) is 1. The van der Waals surface area contributed by atoms with Crippen LogP contribution in [0.3, 0.4) is 0 Å². The Morgan fingerprint density at radius 2 is 2.19 bits per heavy atom. The van der Waals surface area contributed by atoms with E-state index in [-0.39, 0.29) is 17.9 Å². The fourth-order valence-electron chi connectivity index (χ4n) is 2.49. The standard InChI is InChI=1S/C15H18FNO4/c1-2-21-15(20)12-5-3-4-8-17(12)14(19)11-9-10(16)6-7-13(11)18/h6-7,9,12,18H,2-5,8H2,1H3/t12-/m0/s1. The van der Waals surface area contributed by atoms with Crippen molar-refractivity contribution in [3.05, 3.63) is 29.6 Å². The van der Waals surface area contributed by atoms with Crippen molar-refractivity contribution in [1.82, 2.24) is 4.90 Å². The molecule has 114 valence electrons. The number of likely N-dealkylation sites (tertiary alicyclic amines) is 1. The van der Waals surface area contributed by atoms with Crippen LogP contribution in [0.5, 0.6) is 5.75 Å². The van der Waals surface area contributed by atoms with Gasteiger partial charge in [0.25, 0.3) is 5.91 Å². The summed E-state index contributed by atoms with van der Waals surface area (Å²) in [7, 11) is 0. The average molecular weight is 295 g/mol. The Bertz CT molecular complexity index is 546. The van der Waals surface area contributed by atoms with Gasteiger partial charge in [-0.2, -0.15) is 0 Å². The van der Waals surface area contributed by atoms with Gasteiger partial charge in [0.15, 0.2) is 0 Å². The van der Waals surface area contributed by atoms with Crippen LogP contribution in [0, 0.1) is 5.82 Å². The summed E-state index contributed by atoms with van der Waals surface area (Å²) in [6.45, 7) is 2.33. The topological polar surface area (TPSA) is 66.8 Å². The molecule has 1 aliphatic rings.